The Morgan fingerprint density at radius 3 is 2.64 bits per heavy atom. The van der Waals surface area contributed by atoms with Crippen LogP contribution in [0, 0.1) is 0 Å². The molecule has 1 aromatic heterocycles. The lowest BCUT2D eigenvalue weighted by Gasteiger charge is -2.28. The first-order valence-electron chi connectivity index (χ1n) is 7.23. The average molecular weight is 361 g/mol. The van der Waals surface area contributed by atoms with Crippen LogP contribution in [-0.4, -0.2) is 17.5 Å². The van der Waals surface area contributed by atoms with Crippen molar-refractivity contribution in [3.63, 3.8) is 0 Å². The Bertz CT molecular complexity index is 698. The van der Waals surface area contributed by atoms with Crippen molar-refractivity contribution in [3.05, 3.63) is 52.1 Å². The van der Waals surface area contributed by atoms with E-state index in [1.165, 1.54) is 5.56 Å². The number of benzene rings is 1. The normalized spacial score (nSPS) is 14.0. The summed E-state index contributed by atoms with van der Waals surface area (Å²) in [6.45, 7) is 4.88. The molecule has 114 valence electrons. The Balaban J connectivity index is 1.88. The van der Waals surface area contributed by atoms with E-state index in [-0.39, 0.29) is 12.5 Å². The van der Waals surface area contributed by atoms with E-state index in [1.807, 2.05) is 12.1 Å². The molecule has 1 aliphatic heterocycles. The Morgan fingerprint density at radius 1 is 1.23 bits per heavy atom. The molecule has 1 aliphatic rings. The molecule has 0 fully saturated rings. The predicted molar refractivity (Wildman–Crippen MR) is 89.2 cm³/mol. The zero-order chi connectivity index (χ0) is 15.7. The molecule has 22 heavy (non-hydrogen) atoms. The summed E-state index contributed by atoms with van der Waals surface area (Å²) in [5.74, 6) is 1.63. The number of rotatable bonds is 3. The number of amides is 1. The van der Waals surface area contributed by atoms with Crippen molar-refractivity contribution in [2.75, 3.05) is 11.5 Å². The predicted octanol–water partition coefficient (Wildman–Crippen LogP) is 3.89. The van der Waals surface area contributed by atoms with Crippen LogP contribution < -0.4 is 9.64 Å². The number of anilines is 1. The van der Waals surface area contributed by atoms with Crippen molar-refractivity contribution < 1.29 is 9.53 Å². The monoisotopic (exact) mass is 360 g/mol. The van der Waals surface area contributed by atoms with Crippen LogP contribution in [0.3, 0.4) is 0 Å². The lowest BCUT2D eigenvalue weighted by atomic mass is 10.0. The molecule has 2 aromatic rings. The largest absolute Gasteiger partial charge is 0.480 e. The minimum atomic E-state index is -0.0777. The van der Waals surface area contributed by atoms with E-state index in [2.05, 4.69) is 59.0 Å². The third kappa shape index (κ3) is 2.99. The van der Waals surface area contributed by atoms with Gasteiger partial charge in [0.2, 0.25) is 0 Å². The Labute approximate surface area is 138 Å². The molecule has 4 nitrogen and oxygen atoms in total. The third-order valence-corrected chi connectivity index (χ3v) is 4.14. The minimum Gasteiger partial charge on any atom is -0.480 e. The summed E-state index contributed by atoms with van der Waals surface area (Å²) in [6.07, 6.45) is 0. The summed E-state index contributed by atoms with van der Waals surface area (Å²) in [7, 11) is 0. The van der Waals surface area contributed by atoms with Crippen LogP contribution in [0.15, 0.2) is 41.0 Å². The van der Waals surface area contributed by atoms with Gasteiger partial charge in [0.15, 0.2) is 18.2 Å². The fourth-order valence-electron chi connectivity index (χ4n) is 2.41. The summed E-state index contributed by atoms with van der Waals surface area (Å²) in [5.41, 5.74) is 2.37. The number of aromatic nitrogens is 1. The summed E-state index contributed by atoms with van der Waals surface area (Å²) in [5, 5.41) is 0. The van der Waals surface area contributed by atoms with Crippen LogP contribution in [0.2, 0.25) is 0 Å². The molecule has 1 amide bonds. The number of fused-ring (bicyclic) bond motifs is 1. The number of nitrogens with zero attached hydrogens (tertiary/aromatic N) is 2. The van der Waals surface area contributed by atoms with Gasteiger partial charge in [-0.15, -0.1) is 0 Å². The van der Waals surface area contributed by atoms with Crippen LogP contribution in [0.4, 0.5) is 5.82 Å². The molecule has 3 rings (SSSR count). The number of halogens is 1. The Kier molecular flexibility index (Phi) is 4.16. The van der Waals surface area contributed by atoms with Gasteiger partial charge in [0, 0.05) is 0 Å². The van der Waals surface area contributed by atoms with E-state index in [9.17, 15) is 4.79 Å². The molecule has 0 aliphatic carbocycles. The zero-order valence-corrected chi connectivity index (χ0v) is 14.1. The van der Waals surface area contributed by atoms with Crippen LogP contribution >= 0.6 is 15.9 Å². The molecule has 0 N–H and O–H groups in total. The SMILES string of the molecule is CC(C)c1ccc(CN2C(=O)COc3ccc(Br)nc32)cc1. The fraction of sp³-hybridized carbons (Fsp3) is 0.294. The third-order valence-electron chi connectivity index (χ3n) is 3.70. The van der Waals surface area contributed by atoms with Crippen molar-refractivity contribution in [2.24, 2.45) is 0 Å². The molecule has 1 aromatic carbocycles. The molecule has 5 heteroatoms. The van der Waals surface area contributed by atoms with Crippen molar-refractivity contribution in [3.8, 4) is 5.75 Å². The topological polar surface area (TPSA) is 42.4 Å². The first kappa shape index (κ1) is 15.0. The molecular weight excluding hydrogens is 344 g/mol. The average Bonchev–Trinajstić information content (AvgIpc) is 2.51. The van der Waals surface area contributed by atoms with Gasteiger partial charge < -0.3 is 4.74 Å². The second-order valence-corrected chi connectivity index (χ2v) is 6.43. The van der Waals surface area contributed by atoms with Gasteiger partial charge in [0.1, 0.15) is 4.60 Å². The molecule has 0 spiro atoms. The van der Waals surface area contributed by atoms with E-state index >= 15 is 0 Å². The van der Waals surface area contributed by atoms with Crippen LogP contribution in [-0.2, 0) is 11.3 Å². The van der Waals surface area contributed by atoms with E-state index in [0.717, 1.165) is 5.56 Å². The van der Waals surface area contributed by atoms with Crippen molar-refractivity contribution in [1.29, 1.82) is 0 Å². The Hall–Kier alpha value is -1.88. The maximum absolute atomic E-state index is 12.2. The molecule has 2 heterocycles. The first-order valence-corrected chi connectivity index (χ1v) is 8.02. The number of pyridine rings is 1. The highest BCUT2D eigenvalue weighted by molar-refractivity contribution is 9.10. The number of carbonyl (C=O) groups is 1. The summed E-state index contributed by atoms with van der Waals surface area (Å²) >= 11 is 3.34. The molecule has 0 unspecified atom stereocenters. The van der Waals surface area contributed by atoms with Gasteiger partial charge in [-0.2, -0.15) is 0 Å². The maximum Gasteiger partial charge on any atom is 0.266 e. The van der Waals surface area contributed by atoms with E-state index in [4.69, 9.17) is 4.74 Å². The number of carbonyl (C=O) groups excluding carboxylic acids is 1. The standard InChI is InChI=1S/C17H17BrN2O2/c1-11(2)13-5-3-12(4-6-13)9-20-16(21)10-22-14-7-8-15(18)19-17(14)20/h3-8,11H,9-10H2,1-2H3. The highest BCUT2D eigenvalue weighted by Gasteiger charge is 2.27. The van der Waals surface area contributed by atoms with Crippen LogP contribution in [0.5, 0.6) is 5.75 Å². The summed E-state index contributed by atoms with van der Waals surface area (Å²) in [4.78, 5) is 18.3. The van der Waals surface area contributed by atoms with Gasteiger partial charge in [-0.25, -0.2) is 4.98 Å². The van der Waals surface area contributed by atoms with Crippen molar-refractivity contribution in [2.45, 2.75) is 26.3 Å². The number of hydrogen-bond donors (Lipinski definition) is 0. The molecule has 0 atom stereocenters. The molecule has 0 saturated heterocycles. The van der Waals surface area contributed by atoms with Crippen molar-refractivity contribution in [1.82, 2.24) is 4.98 Å². The molecule has 0 saturated carbocycles. The van der Waals surface area contributed by atoms with Gasteiger partial charge in [0.05, 0.1) is 6.54 Å². The lowest BCUT2D eigenvalue weighted by molar-refractivity contribution is -0.121. The van der Waals surface area contributed by atoms with Crippen LogP contribution in [0.1, 0.15) is 30.9 Å². The first-order chi connectivity index (χ1) is 10.5. The minimum absolute atomic E-state index is 0.0559. The van der Waals surface area contributed by atoms with Gasteiger partial charge in [-0.1, -0.05) is 38.1 Å². The van der Waals surface area contributed by atoms with E-state index in [1.54, 1.807) is 4.90 Å². The highest BCUT2D eigenvalue weighted by atomic mass is 79.9. The molecular formula is C17H17BrN2O2. The molecule has 0 bridgehead atoms. The van der Waals surface area contributed by atoms with Gasteiger partial charge in [-0.3, -0.25) is 9.69 Å². The van der Waals surface area contributed by atoms with Gasteiger partial charge >= 0.3 is 0 Å². The lowest BCUT2D eigenvalue weighted by Crippen LogP contribution is -2.38. The second-order valence-electron chi connectivity index (χ2n) is 5.62. The Morgan fingerprint density at radius 2 is 1.95 bits per heavy atom. The fourth-order valence-corrected chi connectivity index (χ4v) is 2.71. The maximum atomic E-state index is 12.2. The molecule has 0 radical (unpaired) electrons. The summed E-state index contributed by atoms with van der Waals surface area (Å²) in [6, 6.07) is 12.0. The van der Waals surface area contributed by atoms with Gasteiger partial charge in [-0.05, 0) is 45.1 Å². The number of hydrogen-bond acceptors (Lipinski definition) is 3. The quantitative estimate of drug-likeness (QED) is 0.779. The smallest absolute Gasteiger partial charge is 0.266 e. The van der Waals surface area contributed by atoms with Crippen molar-refractivity contribution >= 4 is 27.7 Å². The zero-order valence-electron chi connectivity index (χ0n) is 12.5. The van der Waals surface area contributed by atoms with E-state index in [0.29, 0.717) is 28.6 Å². The highest BCUT2D eigenvalue weighted by Crippen LogP contribution is 2.32. The van der Waals surface area contributed by atoms with Crippen LogP contribution in [0.25, 0.3) is 0 Å². The van der Waals surface area contributed by atoms with E-state index < -0.39 is 0 Å². The number of ether oxygens (including phenoxy) is 1. The second kappa shape index (κ2) is 6.08. The van der Waals surface area contributed by atoms with Gasteiger partial charge in [0.25, 0.3) is 5.91 Å². The summed E-state index contributed by atoms with van der Waals surface area (Å²) < 4.78 is 6.12.